The number of rotatable bonds is 3. The van der Waals surface area contributed by atoms with Crippen molar-refractivity contribution < 1.29 is 4.79 Å². The molecule has 21 heavy (non-hydrogen) atoms. The van der Waals surface area contributed by atoms with Crippen LogP contribution in [0, 0.1) is 0 Å². The van der Waals surface area contributed by atoms with E-state index in [2.05, 4.69) is 15.6 Å². The maximum absolute atomic E-state index is 11.5. The minimum absolute atomic E-state index is 0.0871. The summed E-state index contributed by atoms with van der Waals surface area (Å²) >= 11 is 0. The van der Waals surface area contributed by atoms with Crippen LogP contribution < -0.4 is 10.6 Å². The Labute approximate surface area is 122 Å². The van der Waals surface area contributed by atoms with E-state index in [9.17, 15) is 4.79 Å². The number of hydrogen-bond acceptors (Lipinski definition) is 3. The van der Waals surface area contributed by atoms with Gasteiger partial charge in [0.05, 0.1) is 5.52 Å². The fraction of sp³-hybridized carbons (Fsp3) is 0.0588. The molecule has 0 aliphatic carbocycles. The summed E-state index contributed by atoms with van der Waals surface area (Å²) in [5, 5.41) is 7.03. The maximum Gasteiger partial charge on any atom is 0.251 e. The van der Waals surface area contributed by atoms with Crippen LogP contribution in [0.2, 0.25) is 0 Å². The lowest BCUT2D eigenvalue weighted by atomic mass is 10.1. The minimum Gasteiger partial charge on any atom is -0.355 e. The van der Waals surface area contributed by atoms with Crippen LogP contribution in [0.5, 0.6) is 0 Å². The molecular formula is C17H15N3O. The average Bonchev–Trinajstić information content (AvgIpc) is 2.55. The molecule has 2 aromatic carbocycles. The first kappa shape index (κ1) is 13.1. The molecule has 0 fully saturated rings. The van der Waals surface area contributed by atoms with Gasteiger partial charge in [-0.3, -0.25) is 9.78 Å². The smallest absolute Gasteiger partial charge is 0.251 e. The van der Waals surface area contributed by atoms with Crippen molar-refractivity contribution in [2.45, 2.75) is 0 Å². The zero-order chi connectivity index (χ0) is 14.7. The van der Waals surface area contributed by atoms with Crippen LogP contribution in [0.1, 0.15) is 10.4 Å². The summed E-state index contributed by atoms with van der Waals surface area (Å²) in [7, 11) is 1.62. The summed E-state index contributed by atoms with van der Waals surface area (Å²) in [6.45, 7) is 0. The molecule has 0 saturated heterocycles. The molecule has 4 heteroatoms. The monoisotopic (exact) mass is 277 g/mol. The molecule has 3 aromatic rings. The van der Waals surface area contributed by atoms with Crippen molar-refractivity contribution >= 4 is 28.2 Å². The van der Waals surface area contributed by atoms with Gasteiger partial charge in [-0.05, 0) is 48.5 Å². The highest BCUT2D eigenvalue weighted by Crippen LogP contribution is 2.25. The molecule has 0 saturated carbocycles. The zero-order valence-electron chi connectivity index (χ0n) is 11.6. The third kappa shape index (κ3) is 2.69. The van der Waals surface area contributed by atoms with Crippen LogP contribution in [-0.2, 0) is 0 Å². The third-order valence-electron chi connectivity index (χ3n) is 3.30. The van der Waals surface area contributed by atoms with E-state index in [1.54, 1.807) is 25.4 Å². The van der Waals surface area contributed by atoms with Gasteiger partial charge in [-0.15, -0.1) is 0 Å². The second-order valence-electron chi connectivity index (χ2n) is 4.66. The highest BCUT2D eigenvalue weighted by molar-refractivity contribution is 5.95. The number of carbonyl (C=O) groups is 1. The Bertz CT molecular complexity index is 776. The number of nitrogens with one attached hydrogen (secondary N) is 2. The number of benzene rings is 2. The largest absolute Gasteiger partial charge is 0.355 e. The second-order valence-corrected chi connectivity index (χ2v) is 4.66. The van der Waals surface area contributed by atoms with E-state index >= 15 is 0 Å². The zero-order valence-corrected chi connectivity index (χ0v) is 11.6. The number of carbonyl (C=O) groups excluding carboxylic acids is 1. The van der Waals surface area contributed by atoms with Crippen molar-refractivity contribution in [2.24, 2.45) is 0 Å². The number of anilines is 2. The normalized spacial score (nSPS) is 10.3. The Kier molecular flexibility index (Phi) is 3.51. The lowest BCUT2D eigenvalue weighted by Gasteiger charge is -2.10. The topological polar surface area (TPSA) is 54.0 Å². The Hall–Kier alpha value is -2.88. The van der Waals surface area contributed by atoms with Crippen molar-refractivity contribution in [3.05, 3.63) is 66.4 Å². The minimum atomic E-state index is -0.0871. The van der Waals surface area contributed by atoms with Crippen molar-refractivity contribution in [1.82, 2.24) is 10.3 Å². The van der Waals surface area contributed by atoms with Gasteiger partial charge in [0.1, 0.15) is 0 Å². The van der Waals surface area contributed by atoms with Crippen LogP contribution in [0.3, 0.4) is 0 Å². The maximum atomic E-state index is 11.5. The molecule has 0 spiro atoms. The van der Waals surface area contributed by atoms with Crippen molar-refractivity contribution in [3.8, 4) is 0 Å². The van der Waals surface area contributed by atoms with Crippen molar-refractivity contribution in [2.75, 3.05) is 12.4 Å². The van der Waals surface area contributed by atoms with Crippen LogP contribution in [-0.4, -0.2) is 17.9 Å². The van der Waals surface area contributed by atoms with Gasteiger partial charge >= 0.3 is 0 Å². The highest BCUT2D eigenvalue weighted by atomic mass is 16.1. The fourth-order valence-corrected chi connectivity index (χ4v) is 2.22. The molecule has 1 heterocycles. The van der Waals surface area contributed by atoms with Crippen molar-refractivity contribution in [3.63, 3.8) is 0 Å². The first-order valence-corrected chi connectivity index (χ1v) is 6.71. The van der Waals surface area contributed by atoms with E-state index < -0.39 is 0 Å². The van der Waals surface area contributed by atoms with Gasteiger partial charge in [0.15, 0.2) is 0 Å². The lowest BCUT2D eigenvalue weighted by Crippen LogP contribution is -2.17. The summed E-state index contributed by atoms with van der Waals surface area (Å²) < 4.78 is 0. The molecule has 2 N–H and O–H groups in total. The van der Waals surface area contributed by atoms with Crippen molar-refractivity contribution in [1.29, 1.82) is 0 Å². The SMILES string of the molecule is CNC(=O)c1ccc(Nc2cccc3ncccc23)cc1. The van der Waals surface area contributed by atoms with E-state index in [-0.39, 0.29) is 5.91 Å². The van der Waals surface area contributed by atoms with Gasteiger partial charge in [-0.2, -0.15) is 0 Å². The quantitative estimate of drug-likeness (QED) is 0.772. The van der Waals surface area contributed by atoms with Gasteiger partial charge in [0.2, 0.25) is 0 Å². The van der Waals surface area contributed by atoms with Gasteiger partial charge < -0.3 is 10.6 Å². The molecule has 0 atom stereocenters. The van der Waals surface area contributed by atoms with Gasteiger partial charge in [-0.1, -0.05) is 6.07 Å². The molecule has 0 aliphatic rings. The van der Waals surface area contributed by atoms with E-state index in [1.165, 1.54) is 0 Å². The second kappa shape index (κ2) is 5.63. The summed E-state index contributed by atoms with van der Waals surface area (Å²) in [6.07, 6.45) is 1.78. The molecular weight excluding hydrogens is 262 g/mol. The number of pyridine rings is 1. The standard InChI is InChI=1S/C17H15N3O/c1-18-17(21)12-7-9-13(10-8-12)20-16-6-2-5-15-14(16)4-3-11-19-15/h2-11,20H,1H3,(H,18,21). The Morgan fingerprint density at radius 3 is 2.57 bits per heavy atom. The number of fused-ring (bicyclic) bond motifs is 1. The number of amides is 1. The average molecular weight is 277 g/mol. The number of hydrogen-bond donors (Lipinski definition) is 2. The number of nitrogens with zero attached hydrogens (tertiary/aromatic N) is 1. The van der Waals surface area contributed by atoms with E-state index in [4.69, 9.17) is 0 Å². The molecule has 1 aromatic heterocycles. The summed E-state index contributed by atoms with van der Waals surface area (Å²) in [5.41, 5.74) is 3.51. The molecule has 0 unspecified atom stereocenters. The highest BCUT2D eigenvalue weighted by Gasteiger charge is 2.04. The molecule has 0 radical (unpaired) electrons. The molecule has 0 bridgehead atoms. The van der Waals surface area contributed by atoms with E-state index in [0.717, 1.165) is 22.3 Å². The molecule has 0 aliphatic heterocycles. The van der Waals surface area contributed by atoms with Gasteiger partial charge in [-0.25, -0.2) is 0 Å². The molecule has 104 valence electrons. The van der Waals surface area contributed by atoms with E-state index in [0.29, 0.717) is 5.56 Å². The number of aromatic nitrogens is 1. The predicted octanol–water partition coefficient (Wildman–Crippen LogP) is 3.34. The molecule has 1 amide bonds. The Morgan fingerprint density at radius 2 is 1.81 bits per heavy atom. The van der Waals surface area contributed by atoms with Crippen LogP contribution in [0.15, 0.2) is 60.8 Å². The Morgan fingerprint density at radius 1 is 1.00 bits per heavy atom. The van der Waals surface area contributed by atoms with Gasteiger partial charge in [0.25, 0.3) is 5.91 Å². The predicted molar refractivity (Wildman–Crippen MR) is 84.9 cm³/mol. The first-order valence-electron chi connectivity index (χ1n) is 6.71. The van der Waals surface area contributed by atoms with Gasteiger partial charge in [0, 0.05) is 35.6 Å². The summed E-state index contributed by atoms with van der Waals surface area (Å²) in [4.78, 5) is 15.9. The summed E-state index contributed by atoms with van der Waals surface area (Å²) in [5.74, 6) is -0.0871. The molecule has 3 rings (SSSR count). The van der Waals surface area contributed by atoms with E-state index in [1.807, 2.05) is 42.5 Å². The lowest BCUT2D eigenvalue weighted by molar-refractivity contribution is 0.0963. The third-order valence-corrected chi connectivity index (χ3v) is 3.30. The van der Waals surface area contributed by atoms with Crippen LogP contribution >= 0.6 is 0 Å². The van der Waals surface area contributed by atoms with Crippen LogP contribution in [0.25, 0.3) is 10.9 Å². The first-order chi connectivity index (χ1) is 10.3. The van der Waals surface area contributed by atoms with Crippen LogP contribution in [0.4, 0.5) is 11.4 Å². The molecule has 4 nitrogen and oxygen atoms in total. The summed E-state index contributed by atoms with van der Waals surface area (Å²) in [6, 6.07) is 17.3. The fourth-order valence-electron chi connectivity index (χ4n) is 2.22. The Balaban J connectivity index is 1.90.